The summed E-state index contributed by atoms with van der Waals surface area (Å²) in [6.07, 6.45) is 0. The zero-order valence-corrected chi connectivity index (χ0v) is 15.1. The number of rotatable bonds is 3. The van der Waals surface area contributed by atoms with E-state index in [4.69, 9.17) is 5.14 Å². The maximum atomic E-state index is 12.3. The van der Waals surface area contributed by atoms with Crippen molar-refractivity contribution in [1.82, 2.24) is 0 Å². The molecule has 1 heterocycles. The van der Waals surface area contributed by atoms with Crippen LogP contribution in [0.3, 0.4) is 0 Å². The molecule has 1 aromatic heterocycles. The Hall–Kier alpha value is -1.70. The summed E-state index contributed by atoms with van der Waals surface area (Å²) in [5, 5.41) is 7.88. The molecule has 0 spiro atoms. The van der Waals surface area contributed by atoms with E-state index in [2.05, 4.69) is 26.1 Å². The number of hydrogen-bond acceptors (Lipinski definition) is 4. The van der Waals surface area contributed by atoms with Crippen molar-refractivity contribution in [1.29, 1.82) is 0 Å². The Morgan fingerprint density at radius 1 is 1.17 bits per heavy atom. The monoisotopic (exact) mass is 352 g/mol. The first-order chi connectivity index (χ1) is 10.5. The minimum atomic E-state index is -3.79. The zero-order chi connectivity index (χ0) is 17.4. The number of thiophene rings is 1. The van der Waals surface area contributed by atoms with Gasteiger partial charge < -0.3 is 5.32 Å². The Bertz CT molecular complexity index is 829. The molecule has 1 aromatic carbocycles. The van der Waals surface area contributed by atoms with Gasteiger partial charge in [0.2, 0.25) is 10.0 Å². The molecule has 7 heteroatoms. The van der Waals surface area contributed by atoms with Gasteiger partial charge in [0.05, 0.1) is 4.88 Å². The summed E-state index contributed by atoms with van der Waals surface area (Å²) in [5.74, 6) is -0.342. The van der Waals surface area contributed by atoms with Crippen molar-refractivity contribution in [2.75, 3.05) is 5.32 Å². The van der Waals surface area contributed by atoms with Crippen molar-refractivity contribution < 1.29 is 13.2 Å². The van der Waals surface area contributed by atoms with Gasteiger partial charge in [0.25, 0.3) is 5.91 Å². The number of primary sulfonamides is 1. The van der Waals surface area contributed by atoms with E-state index < -0.39 is 10.0 Å². The molecule has 0 atom stereocenters. The SMILES string of the molecule is Cc1cc(S(N)(=O)=O)sc1C(=O)Nc1ccc(C(C)(C)C)cc1. The molecule has 0 unspecified atom stereocenters. The summed E-state index contributed by atoms with van der Waals surface area (Å²) < 4.78 is 22.7. The molecule has 124 valence electrons. The molecule has 0 aliphatic heterocycles. The number of nitrogens with one attached hydrogen (secondary N) is 1. The highest BCUT2D eigenvalue weighted by Crippen LogP contribution is 2.27. The quantitative estimate of drug-likeness (QED) is 0.888. The van der Waals surface area contributed by atoms with Gasteiger partial charge in [-0.15, -0.1) is 11.3 Å². The van der Waals surface area contributed by atoms with Crippen LogP contribution in [0.5, 0.6) is 0 Å². The minimum Gasteiger partial charge on any atom is -0.321 e. The summed E-state index contributed by atoms with van der Waals surface area (Å²) in [4.78, 5) is 12.7. The van der Waals surface area contributed by atoms with Gasteiger partial charge in [-0.05, 0) is 41.7 Å². The van der Waals surface area contributed by atoms with Crippen molar-refractivity contribution in [3.05, 3.63) is 46.3 Å². The molecule has 0 saturated carbocycles. The van der Waals surface area contributed by atoms with E-state index in [1.165, 1.54) is 11.6 Å². The number of benzene rings is 1. The van der Waals surface area contributed by atoms with Crippen LogP contribution in [0.2, 0.25) is 0 Å². The van der Waals surface area contributed by atoms with Gasteiger partial charge in [0.15, 0.2) is 0 Å². The fourth-order valence-corrected chi connectivity index (χ4v) is 3.92. The summed E-state index contributed by atoms with van der Waals surface area (Å²) >= 11 is 0.876. The van der Waals surface area contributed by atoms with E-state index in [1.54, 1.807) is 6.92 Å². The maximum absolute atomic E-state index is 12.3. The normalized spacial score (nSPS) is 12.2. The highest BCUT2D eigenvalue weighted by atomic mass is 32.2. The average Bonchev–Trinajstić information content (AvgIpc) is 2.80. The zero-order valence-electron chi connectivity index (χ0n) is 13.5. The van der Waals surface area contributed by atoms with E-state index in [-0.39, 0.29) is 15.5 Å². The summed E-state index contributed by atoms with van der Waals surface area (Å²) in [6, 6.07) is 9.01. The van der Waals surface area contributed by atoms with Crippen LogP contribution in [0, 0.1) is 6.92 Å². The lowest BCUT2D eigenvalue weighted by molar-refractivity contribution is 0.103. The molecular weight excluding hydrogens is 332 g/mol. The highest BCUT2D eigenvalue weighted by Gasteiger charge is 2.19. The van der Waals surface area contributed by atoms with Gasteiger partial charge in [-0.1, -0.05) is 32.9 Å². The first-order valence-corrected chi connectivity index (χ1v) is 9.40. The summed E-state index contributed by atoms with van der Waals surface area (Å²) in [7, 11) is -3.79. The van der Waals surface area contributed by atoms with Crippen LogP contribution in [0.15, 0.2) is 34.5 Å². The Morgan fingerprint density at radius 3 is 2.17 bits per heavy atom. The molecule has 0 fully saturated rings. The fourth-order valence-electron chi connectivity index (χ4n) is 2.06. The second-order valence-electron chi connectivity index (χ2n) is 6.40. The molecule has 2 aromatic rings. The molecule has 5 nitrogen and oxygen atoms in total. The number of carbonyl (C=O) groups is 1. The third-order valence-corrected chi connectivity index (χ3v) is 6.05. The lowest BCUT2D eigenvalue weighted by Crippen LogP contribution is -2.13. The maximum Gasteiger partial charge on any atom is 0.266 e. The van der Waals surface area contributed by atoms with Crippen LogP contribution in [-0.2, 0) is 15.4 Å². The number of aryl methyl sites for hydroxylation is 1. The van der Waals surface area contributed by atoms with Gasteiger partial charge in [0.1, 0.15) is 4.21 Å². The number of nitrogens with two attached hydrogens (primary N) is 1. The first-order valence-electron chi connectivity index (χ1n) is 7.03. The topological polar surface area (TPSA) is 89.3 Å². The summed E-state index contributed by atoms with van der Waals surface area (Å²) in [5.41, 5.74) is 2.45. The standard InChI is InChI=1S/C16H20N2O3S2/c1-10-9-13(23(17,20)21)22-14(10)15(19)18-12-7-5-11(6-8-12)16(2,3)4/h5-9H,1-4H3,(H,18,19)(H2,17,20,21). The van der Waals surface area contributed by atoms with Crippen LogP contribution < -0.4 is 10.5 Å². The molecule has 1 amide bonds. The third-order valence-electron chi connectivity index (χ3n) is 3.39. The third kappa shape index (κ3) is 4.19. The van der Waals surface area contributed by atoms with Crippen LogP contribution in [-0.4, -0.2) is 14.3 Å². The van der Waals surface area contributed by atoms with Crippen molar-refractivity contribution in [2.24, 2.45) is 5.14 Å². The van der Waals surface area contributed by atoms with Crippen molar-refractivity contribution in [3.8, 4) is 0 Å². The van der Waals surface area contributed by atoms with E-state index in [9.17, 15) is 13.2 Å². The van der Waals surface area contributed by atoms with Crippen molar-refractivity contribution in [3.63, 3.8) is 0 Å². The largest absolute Gasteiger partial charge is 0.321 e. The lowest BCUT2D eigenvalue weighted by Gasteiger charge is -2.19. The van der Waals surface area contributed by atoms with Crippen molar-refractivity contribution in [2.45, 2.75) is 37.3 Å². The molecule has 23 heavy (non-hydrogen) atoms. The van der Waals surface area contributed by atoms with Gasteiger partial charge in [-0.2, -0.15) is 0 Å². The number of hydrogen-bond donors (Lipinski definition) is 2. The molecule has 0 radical (unpaired) electrons. The van der Waals surface area contributed by atoms with Gasteiger partial charge >= 0.3 is 0 Å². The van der Waals surface area contributed by atoms with Gasteiger partial charge in [-0.25, -0.2) is 13.6 Å². The van der Waals surface area contributed by atoms with Crippen LogP contribution in [0.1, 0.15) is 41.6 Å². The van der Waals surface area contributed by atoms with E-state index in [0.29, 0.717) is 16.1 Å². The minimum absolute atomic E-state index is 0.0109. The smallest absolute Gasteiger partial charge is 0.266 e. The molecule has 0 aliphatic carbocycles. The van der Waals surface area contributed by atoms with Crippen molar-refractivity contribution >= 4 is 33.0 Å². The molecule has 0 saturated heterocycles. The van der Waals surface area contributed by atoms with Gasteiger partial charge in [0, 0.05) is 5.69 Å². The average molecular weight is 352 g/mol. The molecule has 0 aliphatic rings. The van der Waals surface area contributed by atoms with E-state index >= 15 is 0 Å². The van der Waals surface area contributed by atoms with E-state index in [0.717, 1.165) is 11.3 Å². The lowest BCUT2D eigenvalue weighted by atomic mass is 9.87. The van der Waals surface area contributed by atoms with Crippen LogP contribution in [0.25, 0.3) is 0 Å². The number of sulfonamides is 1. The number of amides is 1. The second-order valence-corrected chi connectivity index (χ2v) is 9.24. The number of anilines is 1. The van der Waals surface area contributed by atoms with E-state index in [1.807, 2.05) is 24.3 Å². The first kappa shape index (κ1) is 17.7. The van der Waals surface area contributed by atoms with Gasteiger partial charge in [-0.3, -0.25) is 4.79 Å². The Kier molecular flexibility index (Phi) is 4.66. The molecule has 0 bridgehead atoms. The fraction of sp³-hybridized carbons (Fsp3) is 0.312. The summed E-state index contributed by atoms with van der Waals surface area (Å²) in [6.45, 7) is 8.03. The highest BCUT2D eigenvalue weighted by molar-refractivity contribution is 7.91. The van der Waals surface area contributed by atoms with Crippen LogP contribution in [0.4, 0.5) is 5.69 Å². The Balaban J connectivity index is 2.21. The molecular formula is C16H20N2O3S2. The van der Waals surface area contributed by atoms with Crippen LogP contribution >= 0.6 is 11.3 Å². The predicted octanol–water partition coefficient (Wildman–Crippen LogP) is 3.25. The Labute approximate surface area is 140 Å². The Morgan fingerprint density at radius 2 is 1.74 bits per heavy atom. The predicted molar refractivity (Wildman–Crippen MR) is 93.5 cm³/mol. The molecule has 2 rings (SSSR count). The number of carbonyl (C=O) groups excluding carboxylic acids is 1. The molecule has 3 N–H and O–H groups in total. The second kappa shape index (κ2) is 6.07.